The third kappa shape index (κ3) is 3.89. The van der Waals surface area contributed by atoms with Crippen molar-refractivity contribution in [3.05, 3.63) is 0 Å². The lowest BCUT2D eigenvalue weighted by atomic mass is 9.42. The normalized spacial score (nSPS) is 48.0. The van der Waals surface area contributed by atoms with Crippen molar-refractivity contribution in [2.45, 2.75) is 111 Å². The average Bonchev–Trinajstić information content (AvgIpc) is 3.04. The second-order valence-corrected chi connectivity index (χ2v) is 13.1. The van der Waals surface area contributed by atoms with Crippen molar-refractivity contribution in [3.63, 3.8) is 0 Å². The third-order valence-electron chi connectivity index (χ3n) is 11.3. The number of rotatable bonds is 6. The molecule has 0 saturated heterocycles. The highest BCUT2D eigenvalue weighted by Gasteiger charge is 2.63. The van der Waals surface area contributed by atoms with Gasteiger partial charge in [-0.15, -0.1) is 0 Å². The fraction of sp³-hybridized carbons (Fsp3) is 0.964. The Labute approximate surface area is 190 Å². The van der Waals surface area contributed by atoms with Crippen LogP contribution in [0.15, 0.2) is 0 Å². The molecule has 0 radical (unpaired) electrons. The number of hydrogen-bond donors (Lipinski definition) is 2. The van der Waals surface area contributed by atoms with E-state index in [0.717, 1.165) is 36.5 Å². The molecule has 4 aliphatic rings. The molecule has 0 aliphatic heterocycles. The van der Waals surface area contributed by atoms with Crippen molar-refractivity contribution in [1.29, 1.82) is 0 Å². The van der Waals surface area contributed by atoms with E-state index >= 15 is 0 Å². The van der Waals surface area contributed by atoms with Gasteiger partial charge < -0.3 is 10.2 Å². The van der Waals surface area contributed by atoms with Gasteiger partial charge in [0.1, 0.15) is 0 Å². The number of carbonyl (C=O) groups is 1. The lowest BCUT2D eigenvalue weighted by Crippen LogP contribution is -2.58. The second-order valence-electron chi connectivity index (χ2n) is 13.1. The van der Waals surface area contributed by atoms with Gasteiger partial charge >= 0.3 is 5.97 Å². The number of fused-ring (bicyclic) bond motifs is 5. The van der Waals surface area contributed by atoms with Crippen LogP contribution in [0.3, 0.4) is 0 Å². The van der Waals surface area contributed by atoms with Crippen LogP contribution in [0.2, 0.25) is 0 Å². The van der Waals surface area contributed by atoms with Crippen molar-refractivity contribution in [1.82, 2.24) is 0 Å². The molecule has 0 amide bonds. The summed E-state index contributed by atoms with van der Waals surface area (Å²) in [7, 11) is 0. The molecular formula is C28H48O3. The molecule has 31 heavy (non-hydrogen) atoms. The minimum absolute atomic E-state index is 0.129. The number of carboxylic acid groups (broad SMARTS) is 1. The zero-order chi connectivity index (χ0) is 22.6. The van der Waals surface area contributed by atoms with E-state index in [1.807, 2.05) is 0 Å². The van der Waals surface area contributed by atoms with E-state index in [-0.39, 0.29) is 11.3 Å². The molecule has 0 aromatic rings. The molecule has 0 bridgehead atoms. The van der Waals surface area contributed by atoms with Crippen molar-refractivity contribution < 1.29 is 15.0 Å². The zero-order valence-corrected chi connectivity index (χ0v) is 20.8. The van der Waals surface area contributed by atoms with Crippen LogP contribution >= 0.6 is 0 Å². The van der Waals surface area contributed by atoms with E-state index in [9.17, 15) is 15.0 Å². The Morgan fingerprint density at radius 2 is 1.71 bits per heavy atom. The maximum absolute atomic E-state index is 12.3. The Kier molecular flexibility index (Phi) is 6.58. The second kappa shape index (κ2) is 8.65. The highest BCUT2D eigenvalue weighted by Crippen LogP contribution is 2.69. The van der Waals surface area contributed by atoms with E-state index in [2.05, 4.69) is 34.6 Å². The lowest BCUT2D eigenvalue weighted by molar-refractivity contribution is -0.181. The van der Waals surface area contributed by atoms with Gasteiger partial charge in [-0.05, 0) is 104 Å². The quantitative estimate of drug-likeness (QED) is 0.486. The maximum Gasteiger partial charge on any atom is 0.307 e. The molecule has 4 fully saturated rings. The fourth-order valence-corrected chi connectivity index (χ4v) is 9.73. The summed E-state index contributed by atoms with van der Waals surface area (Å²) in [6.45, 7) is 12.1. The molecule has 0 aromatic carbocycles. The molecule has 1 unspecified atom stereocenters. The van der Waals surface area contributed by atoms with Crippen molar-refractivity contribution >= 4 is 5.97 Å². The molecule has 0 aromatic heterocycles. The summed E-state index contributed by atoms with van der Waals surface area (Å²) in [5.41, 5.74) is 0.324. The monoisotopic (exact) mass is 432 g/mol. The summed E-state index contributed by atoms with van der Waals surface area (Å²) in [5.74, 6) is 3.83. The van der Waals surface area contributed by atoms with E-state index in [1.54, 1.807) is 0 Å². The SMILES string of the molecule is CC(C)CCC[C@@H](C)[C@H]1CC[C@H]2[C@H]3CC[C@@H]4C[C@H](O)CC(C(=O)O)[C@]4(C)[C@H]3CC[C@]12C. The molecule has 0 heterocycles. The summed E-state index contributed by atoms with van der Waals surface area (Å²) in [6.07, 6.45) is 12.6. The van der Waals surface area contributed by atoms with Gasteiger partial charge in [-0.2, -0.15) is 0 Å². The number of aliphatic hydroxyl groups excluding tert-OH is 1. The zero-order valence-electron chi connectivity index (χ0n) is 20.8. The fourth-order valence-electron chi connectivity index (χ4n) is 9.73. The first-order valence-corrected chi connectivity index (χ1v) is 13.5. The number of aliphatic hydroxyl groups is 1. The van der Waals surface area contributed by atoms with Gasteiger partial charge in [0.05, 0.1) is 12.0 Å². The Hall–Kier alpha value is -0.570. The van der Waals surface area contributed by atoms with Gasteiger partial charge in [0.15, 0.2) is 0 Å². The molecule has 178 valence electrons. The van der Waals surface area contributed by atoms with Gasteiger partial charge in [0.2, 0.25) is 0 Å². The summed E-state index contributed by atoms with van der Waals surface area (Å²) in [4.78, 5) is 12.3. The average molecular weight is 433 g/mol. The maximum atomic E-state index is 12.3. The highest BCUT2D eigenvalue weighted by molar-refractivity contribution is 5.71. The van der Waals surface area contributed by atoms with E-state index in [4.69, 9.17) is 0 Å². The topological polar surface area (TPSA) is 57.5 Å². The van der Waals surface area contributed by atoms with Crippen molar-refractivity contribution in [3.8, 4) is 0 Å². The van der Waals surface area contributed by atoms with Gasteiger partial charge in [-0.25, -0.2) is 0 Å². The molecule has 4 aliphatic carbocycles. The van der Waals surface area contributed by atoms with E-state index < -0.39 is 12.1 Å². The molecule has 3 nitrogen and oxygen atoms in total. The molecule has 3 heteroatoms. The summed E-state index contributed by atoms with van der Waals surface area (Å²) >= 11 is 0. The van der Waals surface area contributed by atoms with Crippen LogP contribution < -0.4 is 0 Å². The Morgan fingerprint density at radius 1 is 0.968 bits per heavy atom. The van der Waals surface area contributed by atoms with Crippen LogP contribution in [0.4, 0.5) is 0 Å². The highest BCUT2D eigenvalue weighted by atomic mass is 16.4. The molecule has 10 atom stereocenters. The number of aliphatic carboxylic acids is 1. The largest absolute Gasteiger partial charge is 0.481 e. The predicted molar refractivity (Wildman–Crippen MR) is 126 cm³/mol. The molecule has 2 N–H and O–H groups in total. The lowest BCUT2D eigenvalue weighted by Gasteiger charge is -2.62. The van der Waals surface area contributed by atoms with Crippen molar-refractivity contribution in [2.75, 3.05) is 0 Å². The number of hydrogen-bond acceptors (Lipinski definition) is 2. The first-order valence-electron chi connectivity index (χ1n) is 13.5. The molecular weight excluding hydrogens is 384 g/mol. The predicted octanol–water partition coefficient (Wildman–Crippen LogP) is 6.78. The van der Waals surface area contributed by atoms with Gasteiger partial charge in [-0.1, -0.05) is 53.9 Å². The van der Waals surface area contributed by atoms with E-state index in [1.165, 1.54) is 51.4 Å². The third-order valence-corrected chi connectivity index (χ3v) is 11.3. The first kappa shape index (κ1) is 23.6. The Bertz CT molecular complexity index is 659. The van der Waals surface area contributed by atoms with Crippen LogP contribution in [0, 0.1) is 58.2 Å². The van der Waals surface area contributed by atoms with E-state index in [0.29, 0.717) is 29.6 Å². The van der Waals surface area contributed by atoms with Crippen LogP contribution in [0.25, 0.3) is 0 Å². The van der Waals surface area contributed by atoms with Gasteiger partial charge in [0, 0.05) is 0 Å². The Balaban J connectivity index is 1.53. The van der Waals surface area contributed by atoms with Crippen LogP contribution in [0.1, 0.15) is 105 Å². The minimum atomic E-state index is -0.664. The van der Waals surface area contributed by atoms with Crippen LogP contribution in [0.5, 0.6) is 0 Å². The van der Waals surface area contributed by atoms with Crippen LogP contribution in [-0.4, -0.2) is 22.3 Å². The number of carboxylic acids is 1. The molecule has 0 spiro atoms. The summed E-state index contributed by atoms with van der Waals surface area (Å²) in [5, 5.41) is 20.5. The standard InChI is InChI=1S/C28H48O3/c1-17(2)7-6-8-18(3)22-11-12-23-21-10-9-19-15-20(29)16-25(26(30)31)28(19,5)24(21)13-14-27(22,23)4/h17-25,29H,6-16H2,1-5H3,(H,30,31)/t18-,19-,20+,21-,22-,23+,24+,25?,27-,28+/m1/s1. The van der Waals surface area contributed by atoms with Crippen LogP contribution in [-0.2, 0) is 4.79 Å². The van der Waals surface area contributed by atoms with Crippen molar-refractivity contribution in [2.24, 2.45) is 58.2 Å². The van der Waals surface area contributed by atoms with Gasteiger partial charge in [-0.3, -0.25) is 4.79 Å². The smallest absolute Gasteiger partial charge is 0.307 e. The summed E-state index contributed by atoms with van der Waals surface area (Å²) in [6, 6.07) is 0. The minimum Gasteiger partial charge on any atom is -0.481 e. The summed E-state index contributed by atoms with van der Waals surface area (Å²) < 4.78 is 0. The molecule has 4 saturated carbocycles. The first-order chi connectivity index (χ1) is 14.6. The Morgan fingerprint density at radius 3 is 2.39 bits per heavy atom. The van der Waals surface area contributed by atoms with Gasteiger partial charge in [0.25, 0.3) is 0 Å². The molecule has 4 rings (SSSR count).